The van der Waals surface area contributed by atoms with Gasteiger partial charge in [0.1, 0.15) is 6.61 Å². The fourth-order valence-electron chi connectivity index (χ4n) is 4.75. The Hall–Kier alpha value is -2.94. The average molecular weight is 491 g/mol. The van der Waals surface area contributed by atoms with Crippen molar-refractivity contribution in [3.8, 4) is 0 Å². The molecule has 2 aliphatic rings. The monoisotopic (exact) mass is 490 g/mol. The van der Waals surface area contributed by atoms with Gasteiger partial charge in [-0.25, -0.2) is 0 Å². The molecular weight excluding hydrogens is 457 g/mol. The number of hydrogen-bond acceptors (Lipinski definition) is 5. The van der Waals surface area contributed by atoms with Gasteiger partial charge in [0, 0.05) is 49.3 Å². The van der Waals surface area contributed by atoms with Gasteiger partial charge >= 0.3 is 6.18 Å². The highest BCUT2D eigenvalue weighted by Gasteiger charge is 2.33. The zero-order chi connectivity index (χ0) is 25.0. The molecule has 0 radical (unpaired) electrons. The Bertz CT molecular complexity index is 997. The summed E-state index contributed by atoms with van der Waals surface area (Å²) in [5.41, 5.74) is 7.20. The Balaban J connectivity index is 1.17. The summed E-state index contributed by atoms with van der Waals surface area (Å²) in [5, 5.41) is 3.19. The summed E-state index contributed by atoms with van der Waals surface area (Å²) in [6, 6.07) is 12.4. The highest BCUT2D eigenvalue weighted by molar-refractivity contribution is 5.77. The van der Waals surface area contributed by atoms with E-state index in [2.05, 4.69) is 41.4 Å². The Morgan fingerprint density at radius 2 is 1.69 bits per heavy atom. The maximum Gasteiger partial charge on any atom is 0.418 e. The van der Waals surface area contributed by atoms with E-state index in [9.17, 15) is 18.0 Å². The van der Waals surface area contributed by atoms with E-state index in [0.29, 0.717) is 18.8 Å². The number of carbonyl (C=O) groups is 1. The van der Waals surface area contributed by atoms with Gasteiger partial charge in [-0.15, -0.1) is 0 Å². The maximum atomic E-state index is 13.1. The largest absolute Gasteiger partial charge is 0.418 e. The lowest BCUT2D eigenvalue weighted by atomic mass is 9.92. The van der Waals surface area contributed by atoms with Crippen molar-refractivity contribution < 1.29 is 22.7 Å². The summed E-state index contributed by atoms with van der Waals surface area (Å²) in [6.07, 6.45) is -1.45. The van der Waals surface area contributed by atoms with Crippen molar-refractivity contribution >= 4 is 23.0 Å². The van der Waals surface area contributed by atoms with E-state index in [0.717, 1.165) is 44.8 Å². The lowest BCUT2D eigenvalue weighted by Crippen LogP contribution is -2.50. The van der Waals surface area contributed by atoms with Gasteiger partial charge in [-0.2, -0.15) is 13.2 Å². The van der Waals surface area contributed by atoms with Crippen molar-refractivity contribution in [2.45, 2.75) is 50.9 Å². The molecule has 1 saturated heterocycles. The third-order valence-corrected chi connectivity index (χ3v) is 6.88. The molecule has 0 unspecified atom stereocenters. The lowest BCUT2D eigenvalue weighted by molar-refractivity contribution is -0.139. The van der Waals surface area contributed by atoms with E-state index in [1.807, 2.05) is 4.90 Å². The molecule has 2 fully saturated rings. The van der Waals surface area contributed by atoms with Gasteiger partial charge in [-0.05, 0) is 62.9 Å². The van der Waals surface area contributed by atoms with Crippen molar-refractivity contribution in [1.82, 2.24) is 4.90 Å². The van der Waals surface area contributed by atoms with Crippen LogP contribution in [0.1, 0.15) is 36.8 Å². The van der Waals surface area contributed by atoms with Crippen molar-refractivity contribution in [3.63, 3.8) is 0 Å². The first kappa shape index (κ1) is 25.2. The van der Waals surface area contributed by atoms with E-state index in [-0.39, 0.29) is 30.3 Å². The summed E-state index contributed by atoms with van der Waals surface area (Å²) in [7, 11) is 0. The predicted octanol–water partition coefficient (Wildman–Crippen LogP) is 4.68. The minimum Gasteiger partial charge on any atom is -0.398 e. The van der Waals surface area contributed by atoms with Gasteiger partial charge in [0.15, 0.2) is 0 Å². The first-order valence-electron chi connectivity index (χ1n) is 12.1. The first-order valence-corrected chi connectivity index (χ1v) is 12.1. The molecule has 3 N–H and O–H groups in total. The number of piperazine rings is 1. The zero-order valence-corrected chi connectivity index (χ0v) is 20.0. The Morgan fingerprint density at radius 3 is 2.31 bits per heavy atom. The number of alkyl halides is 3. The number of nitrogen functional groups attached to an aromatic ring is 1. The maximum absolute atomic E-state index is 13.1. The second-order valence-electron chi connectivity index (χ2n) is 9.43. The summed E-state index contributed by atoms with van der Waals surface area (Å²) >= 11 is 0. The Kier molecular flexibility index (Phi) is 7.74. The predicted molar refractivity (Wildman–Crippen MR) is 131 cm³/mol. The van der Waals surface area contributed by atoms with E-state index in [4.69, 9.17) is 10.5 Å². The third-order valence-electron chi connectivity index (χ3n) is 6.88. The van der Waals surface area contributed by atoms with Gasteiger partial charge in [0.2, 0.25) is 5.91 Å². The van der Waals surface area contributed by atoms with Crippen LogP contribution in [0.5, 0.6) is 0 Å². The third kappa shape index (κ3) is 6.60. The van der Waals surface area contributed by atoms with Gasteiger partial charge in [0.25, 0.3) is 0 Å². The molecule has 2 aromatic carbocycles. The van der Waals surface area contributed by atoms with Crippen LogP contribution in [0.25, 0.3) is 0 Å². The molecule has 0 spiro atoms. The van der Waals surface area contributed by atoms with Crippen LogP contribution in [0.15, 0.2) is 42.5 Å². The molecule has 190 valence electrons. The molecule has 1 aliphatic carbocycles. The number of nitrogens with one attached hydrogen (secondary N) is 1. The van der Waals surface area contributed by atoms with Crippen LogP contribution in [0, 0.1) is 6.92 Å². The average Bonchev–Trinajstić information content (AvgIpc) is 2.84. The molecule has 35 heavy (non-hydrogen) atoms. The van der Waals surface area contributed by atoms with Crippen LogP contribution >= 0.6 is 0 Å². The molecule has 6 nitrogen and oxygen atoms in total. The number of anilines is 3. The summed E-state index contributed by atoms with van der Waals surface area (Å²) in [4.78, 5) is 16.8. The molecule has 0 bridgehead atoms. The zero-order valence-electron chi connectivity index (χ0n) is 20.0. The Labute approximate surface area is 204 Å². The molecular formula is C26H33F3N4O2. The SMILES string of the molecule is Cc1ccc(N2CCN(C(=O)COC3CCC(Nc4ccc(N)c(C(F)(F)F)c4)CC3)CC2)cc1. The van der Waals surface area contributed by atoms with E-state index >= 15 is 0 Å². The summed E-state index contributed by atoms with van der Waals surface area (Å²) in [6.45, 7) is 5.08. The van der Waals surface area contributed by atoms with Crippen LogP contribution < -0.4 is 16.0 Å². The lowest BCUT2D eigenvalue weighted by Gasteiger charge is -2.36. The van der Waals surface area contributed by atoms with E-state index in [1.54, 1.807) is 6.07 Å². The second-order valence-corrected chi connectivity index (χ2v) is 9.43. The second kappa shape index (κ2) is 10.8. The van der Waals surface area contributed by atoms with Crippen molar-refractivity contribution in [1.29, 1.82) is 0 Å². The van der Waals surface area contributed by atoms with Crippen LogP contribution in [0.2, 0.25) is 0 Å². The smallest absolute Gasteiger partial charge is 0.398 e. The number of nitrogens with zero attached hydrogens (tertiary/aromatic N) is 2. The van der Waals surface area contributed by atoms with Gasteiger partial charge in [0.05, 0.1) is 11.7 Å². The fourth-order valence-corrected chi connectivity index (χ4v) is 4.75. The normalized spacial score (nSPS) is 21.1. The number of aryl methyl sites for hydroxylation is 1. The minimum atomic E-state index is -4.48. The number of amides is 1. The number of halogens is 3. The number of rotatable bonds is 6. The van der Waals surface area contributed by atoms with Crippen molar-refractivity contribution in [2.75, 3.05) is 48.7 Å². The fraction of sp³-hybridized carbons (Fsp3) is 0.500. The number of carbonyl (C=O) groups excluding carboxylic acids is 1. The van der Waals surface area contributed by atoms with Gasteiger partial charge in [-0.1, -0.05) is 17.7 Å². The molecule has 0 aromatic heterocycles. The van der Waals surface area contributed by atoms with Crippen molar-refractivity contribution in [3.05, 3.63) is 53.6 Å². The Morgan fingerprint density at radius 1 is 1.03 bits per heavy atom. The standard InChI is InChI=1S/C26H33F3N4O2/c1-18-2-7-21(8-3-18)32-12-14-33(15-13-32)25(34)17-35-22-9-4-19(5-10-22)31-20-6-11-24(30)23(16-20)26(27,28)29/h2-3,6-8,11,16,19,22,31H,4-5,9-10,12-15,17,30H2,1H3. The molecule has 2 aromatic rings. The molecule has 0 atom stereocenters. The van der Waals surface area contributed by atoms with E-state index in [1.165, 1.54) is 17.3 Å². The quantitative estimate of drug-likeness (QED) is 0.576. The molecule has 1 amide bonds. The van der Waals surface area contributed by atoms with Gasteiger partial charge < -0.3 is 25.6 Å². The molecule has 1 heterocycles. The van der Waals surface area contributed by atoms with Crippen LogP contribution in [-0.2, 0) is 15.7 Å². The minimum absolute atomic E-state index is 0.00959. The van der Waals surface area contributed by atoms with Crippen LogP contribution in [0.3, 0.4) is 0 Å². The summed E-state index contributed by atoms with van der Waals surface area (Å²) in [5.74, 6) is 0.00959. The molecule has 9 heteroatoms. The topological polar surface area (TPSA) is 70.8 Å². The first-order chi connectivity index (χ1) is 16.7. The number of nitrogens with two attached hydrogens (primary N) is 1. The summed E-state index contributed by atoms with van der Waals surface area (Å²) < 4.78 is 45.2. The van der Waals surface area contributed by atoms with Crippen LogP contribution in [-0.4, -0.2) is 55.7 Å². The number of hydrogen-bond donors (Lipinski definition) is 2. The highest BCUT2D eigenvalue weighted by atomic mass is 19.4. The van der Waals surface area contributed by atoms with Crippen molar-refractivity contribution in [2.24, 2.45) is 0 Å². The van der Waals surface area contributed by atoms with Crippen LogP contribution in [0.4, 0.5) is 30.2 Å². The molecule has 4 rings (SSSR count). The number of ether oxygens (including phenoxy) is 1. The molecule has 1 saturated carbocycles. The highest BCUT2D eigenvalue weighted by Crippen LogP contribution is 2.35. The van der Waals surface area contributed by atoms with E-state index < -0.39 is 11.7 Å². The van der Waals surface area contributed by atoms with Gasteiger partial charge in [-0.3, -0.25) is 4.79 Å². The number of benzene rings is 2. The molecule has 1 aliphatic heterocycles.